The second-order valence-electron chi connectivity index (χ2n) is 4.53. The van der Waals surface area contributed by atoms with E-state index in [-0.39, 0.29) is 5.92 Å². The average Bonchev–Trinajstić information content (AvgIpc) is 2.42. The van der Waals surface area contributed by atoms with Crippen LogP contribution < -0.4 is 16.6 Å². The highest BCUT2D eigenvalue weighted by molar-refractivity contribution is 5.46. The Kier molecular flexibility index (Phi) is 6.48. The summed E-state index contributed by atoms with van der Waals surface area (Å²) in [6.45, 7) is 7.17. The molecule has 5 N–H and O–H groups in total. The maximum absolute atomic E-state index is 9.75. The van der Waals surface area contributed by atoms with E-state index in [0.29, 0.717) is 37.2 Å². The number of aliphatic hydroxyl groups excluding tert-OH is 1. The van der Waals surface area contributed by atoms with Crippen molar-refractivity contribution in [3.05, 3.63) is 11.9 Å². The second-order valence-corrected chi connectivity index (χ2v) is 4.53. The Morgan fingerprint density at radius 3 is 2.63 bits per heavy atom. The van der Waals surface area contributed by atoms with Gasteiger partial charge in [0.1, 0.15) is 18.2 Å². The number of nitrogen functional groups attached to an aromatic ring is 1. The molecule has 0 bridgehead atoms. The molecule has 0 saturated carbocycles. The van der Waals surface area contributed by atoms with E-state index in [9.17, 15) is 5.11 Å². The molecule has 0 saturated heterocycles. The molecule has 0 spiro atoms. The zero-order valence-electron chi connectivity index (χ0n) is 11.7. The van der Waals surface area contributed by atoms with Gasteiger partial charge in [0, 0.05) is 19.2 Å². The van der Waals surface area contributed by atoms with Crippen LogP contribution in [0, 0.1) is 5.92 Å². The van der Waals surface area contributed by atoms with E-state index in [1.54, 1.807) is 6.07 Å². The van der Waals surface area contributed by atoms with Gasteiger partial charge in [-0.3, -0.25) is 0 Å². The van der Waals surface area contributed by atoms with E-state index >= 15 is 0 Å². The Bertz CT molecular complexity index is 386. The van der Waals surface area contributed by atoms with Crippen molar-refractivity contribution in [2.24, 2.45) is 11.8 Å². The Labute approximate surface area is 113 Å². The van der Waals surface area contributed by atoms with Gasteiger partial charge in [0.25, 0.3) is 0 Å². The smallest absolute Gasteiger partial charge is 0.158 e. The first-order chi connectivity index (χ1) is 9.06. The van der Waals surface area contributed by atoms with E-state index in [0.717, 1.165) is 0 Å². The van der Waals surface area contributed by atoms with Gasteiger partial charge in [-0.2, -0.15) is 0 Å². The highest BCUT2D eigenvalue weighted by Crippen LogP contribution is 2.12. The van der Waals surface area contributed by atoms with Crippen molar-refractivity contribution in [3.63, 3.8) is 0 Å². The van der Waals surface area contributed by atoms with Crippen LogP contribution in [0.25, 0.3) is 0 Å². The van der Waals surface area contributed by atoms with Crippen molar-refractivity contribution >= 4 is 11.6 Å². The molecule has 0 aliphatic heterocycles. The lowest BCUT2D eigenvalue weighted by Crippen LogP contribution is -2.25. The molecule has 108 valence electrons. The highest BCUT2D eigenvalue weighted by Gasteiger charge is 2.10. The van der Waals surface area contributed by atoms with E-state index in [2.05, 4.69) is 20.7 Å². The predicted octanol–water partition coefficient (Wildman–Crippen LogP) is 0.727. The van der Waals surface area contributed by atoms with Crippen LogP contribution in [-0.4, -0.2) is 34.3 Å². The molecule has 1 unspecified atom stereocenters. The topological polar surface area (TPSA) is 105 Å². The van der Waals surface area contributed by atoms with Crippen molar-refractivity contribution in [2.45, 2.75) is 33.5 Å². The number of nitrogens with one attached hydrogen (secondary N) is 2. The standard InChI is InChI=1S/C12H23N5O2/c1-4-19-7-12-15-10(5-11(16-12)17-13)14-6-9(18)8(2)3/h5,8-9,18H,4,6-7,13H2,1-3H3,(H2,14,15,16,17). The number of nitrogens with zero attached hydrogens (tertiary/aromatic N) is 2. The summed E-state index contributed by atoms with van der Waals surface area (Å²) >= 11 is 0. The third-order valence-electron chi connectivity index (χ3n) is 2.62. The van der Waals surface area contributed by atoms with Crippen LogP contribution in [0.1, 0.15) is 26.6 Å². The Hall–Kier alpha value is -1.44. The van der Waals surface area contributed by atoms with Gasteiger partial charge in [-0.1, -0.05) is 13.8 Å². The third kappa shape index (κ3) is 5.37. The first-order valence-electron chi connectivity index (χ1n) is 6.41. The SMILES string of the molecule is CCOCc1nc(NN)cc(NCC(O)C(C)C)n1. The van der Waals surface area contributed by atoms with Gasteiger partial charge in [-0.05, 0) is 12.8 Å². The lowest BCUT2D eigenvalue weighted by atomic mass is 10.1. The fraction of sp³-hybridized carbons (Fsp3) is 0.667. The van der Waals surface area contributed by atoms with E-state index < -0.39 is 6.10 Å². The quantitative estimate of drug-likeness (QED) is 0.407. The summed E-state index contributed by atoms with van der Waals surface area (Å²) in [4.78, 5) is 8.47. The Balaban J connectivity index is 2.70. The molecule has 1 atom stereocenters. The third-order valence-corrected chi connectivity index (χ3v) is 2.62. The maximum Gasteiger partial charge on any atom is 0.158 e. The van der Waals surface area contributed by atoms with Crippen molar-refractivity contribution in [1.82, 2.24) is 9.97 Å². The van der Waals surface area contributed by atoms with Crippen LogP contribution in [-0.2, 0) is 11.3 Å². The fourth-order valence-electron chi connectivity index (χ4n) is 1.36. The van der Waals surface area contributed by atoms with Crippen molar-refractivity contribution in [2.75, 3.05) is 23.9 Å². The van der Waals surface area contributed by atoms with Crippen LogP contribution in [0.15, 0.2) is 6.07 Å². The van der Waals surface area contributed by atoms with Crippen LogP contribution >= 0.6 is 0 Å². The molecule has 0 fully saturated rings. The number of aliphatic hydroxyl groups is 1. The number of hydrogen-bond donors (Lipinski definition) is 4. The van der Waals surface area contributed by atoms with Crippen LogP contribution in [0.4, 0.5) is 11.6 Å². The fourth-order valence-corrected chi connectivity index (χ4v) is 1.36. The van der Waals surface area contributed by atoms with Gasteiger partial charge >= 0.3 is 0 Å². The summed E-state index contributed by atoms with van der Waals surface area (Å²) in [6.07, 6.45) is -0.431. The van der Waals surface area contributed by atoms with Gasteiger partial charge in [0.2, 0.25) is 0 Å². The summed E-state index contributed by atoms with van der Waals surface area (Å²) in [5.74, 6) is 7.20. The van der Waals surface area contributed by atoms with E-state index in [1.807, 2.05) is 20.8 Å². The summed E-state index contributed by atoms with van der Waals surface area (Å²) in [5, 5.41) is 12.8. The van der Waals surface area contributed by atoms with E-state index in [4.69, 9.17) is 10.6 Å². The van der Waals surface area contributed by atoms with Gasteiger partial charge in [-0.15, -0.1) is 0 Å². The number of nitrogens with two attached hydrogens (primary N) is 1. The Morgan fingerprint density at radius 1 is 1.37 bits per heavy atom. The minimum absolute atomic E-state index is 0.185. The maximum atomic E-state index is 9.75. The molecule has 0 aliphatic carbocycles. The number of aromatic nitrogens is 2. The molecule has 0 aromatic carbocycles. The summed E-state index contributed by atoms with van der Waals surface area (Å²) in [7, 11) is 0. The van der Waals surface area contributed by atoms with Gasteiger partial charge in [0.15, 0.2) is 5.82 Å². The molecular formula is C12H23N5O2. The molecule has 1 rings (SSSR count). The van der Waals surface area contributed by atoms with Crippen molar-refractivity contribution in [1.29, 1.82) is 0 Å². The van der Waals surface area contributed by atoms with Gasteiger partial charge in [-0.25, -0.2) is 15.8 Å². The lowest BCUT2D eigenvalue weighted by Gasteiger charge is -2.16. The zero-order valence-corrected chi connectivity index (χ0v) is 11.7. The number of rotatable bonds is 8. The molecule has 7 nitrogen and oxygen atoms in total. The molecule has 1 aromatic rings. The minimum Gasteiger partial charge on any atom is -0.391 e. The van der Waals surface area contributed by atoms with Crippen LogP contribution in [0.3, 0.4) is 0 Å². The molecule has 0 aliphatic rings. The van der Waals surface area contributed by atoms with E-state index in [1.165, 1.54) is 0 Å². The van der Waals surface area contributed by atoms with Crippen molar-refractivity contribution < 1.29 is 9.84 Å². The molecule has 0 radical (unpaired) electrons. The molecule has 7 heteroatoms. The predicted molar refractivity (Wildman–Crippen MR) is 74.5 cm³/mol. The molecule has 0 amide bonds. The molecular weight excluding hydrogens is 246 g/mol. The molecule has 1 aromatic heterocycles. The van der Waals surface area contributed by atoms with Crippen LogP contribution in [0.5, 0.6) is 0 Å². The summed E-state index contributed by atoms with van der Waals surface area (Å²) in [6, 6.07) is 1.68. The lowest BCUT2D eigenvalue weighted by molar-refractivity contribution is 0.128. The monoisotopic (exact) mass is 269 g/mol. The number of hydrogen-bond acceptors (Lipinski definition) is 7. The Morgan fingerprint density at radius 2 is 2.05 bits per heavy atom. The van der Waals surface area contributed by atoms with Gasteiger partial charge in [0.05, 0.1) is 6.10 Å². The number of anilines is 2. The minimum atomic E-state index is -0.431. The first-order valence-corrected chi connectivity index (χ1v) is 6.41. The molecule has 1 heterocycles. The highest BCUT2D eigenvalue weighted by atomic mass is 16.5. The molecule has 19 heavy (non-hydrogen) atoms. The second kappa shape index (κ2) is 7.88. The zero-order chi connectivity index (χ0) is 14.3. The average molecular weight is 269 g/mol. The normalized spacial score (nSPS) is 12.5. The van der Waals surface area contributed by atoms with Crippen LogP contribution in [0.2, 0.25) is 0 Å². The first kappa shape index (κ1) is 15.6. The number of hydrazine groups is 1. The largest absolute Gasteiger partial charge is 0.391 e. The summed E-state index contributed by atoms with van der Waals surface area (Å²) < 4.78 is 5.27. The van der Waals surface area contributed by atoms with Crippen molar-refractivity contribution in [3.8, 4) is 0 Å². The summed E-state index contributed by atoms with van der Waals surface area (Å²) in [5.41, 5.74) is 2.49. The number of ether oxygens (including phenoxy) is 1. The van der Waals surface area contributed by atoms with Gasteiger partial charge < -0.3 is 20.6 Å².